The number of hydrogen-bond donors (Lipinski definition) is 1. The summed E-state index contributed by atoms with van der Waals surface area (Å²) in [5, 5.41) is 2.80. The van der Waals surface area contributed by atoms with Crippen molar-refractivity contribution >= 4 is 17.6 Å². The fraction of sp³-hybridized carbons (Fsp3) is 0.200. The van der Waals surface area contributed by atoms with E-state index in [0.717, 1.165) is 5.56 Å². The molecule has 3 rings (SSSR count). The highest BCUT2D eigenvalue weighted by Crippen LogP contribution is 2.24. The average molecular weight is 403 g/mol. The third-order valence-corrected chi connectivity index (χ3v) is 4.67. The van der Waals surface area contributed by atoms with Crippen molar-refractivity contribution in [3.8, 4) is 11.5 Å². The number of ether oxygens (including phenoxy) is 2. The van der Waals surface area contributed by atoms with Gasteiger partial charge in [0.05, 0.1) is 18.2 Å². The van der Waals surface area contributed by atoms with Gasteiger partial charge in [0.25, 0.3) is 5.91 Å². The number of esters is 1. The summed E-state index contributed by atoms with van der Waals surface area (Å²) in [5.41, 5.74) is 2.42. The van der Waals surface area contributed by atoms with Crippen molar-refractivity contribution in [2.75, 3.05) is 12.4 Å². The van der Waals surface area contributed by atoms with Crippen LogP contribution in [0.2, 0.25) is 0 Å². The number of hydrogen-bond acceptors (Lipinski definition) is 4. The van der Waals surface area contributed by atoms with Crippen LogP contribution in [0.5, 0.6) is 11.5 Å². The topological polar surface area (TPSA) is 64.6 Å². The summed E-state index contributed by atoms with van der Waals surface area (Å²) in [5.74, 6) is 0.0139. The fourth-order valence-corrected chi connectivity index (χ4v) is 2.88. The van der Waals surface area contributed by atoms with Gasteiger partial charge < -0.3 is 14.8 Å². The van der Waals surface area contributed by atoms with Crippen molar-refractivity contribution in [2.45, 2.75) is 26.2 Å². The van der Waals surface area contributed by atoms with Crippen LogP contribution >= 0.6 is 0 Å². The average Bonchev–Trinajstić information content (AvgIpc) is 2.74. The summed E-state index contributed by atoms with van der Waals surface area (Å²) in [7, 11) is 1.58. The second kappa shape index (κ2) is 8.82. The van der Waals surface area contributed by atoms with Crippen LogP contribution in [-0.2, 0) is 5.41 Å². The molecule has 1 N–H and O–H groups in total. The minimum Gasteiger partial charge on any atom is -0.497 e. The molecule has 0 aliphatic carbocycles. The third-order valence-electron chi connectivity index (χ3n) is 4.67. The fourth-order valence-electron chi connectivity index (χ4n) is 2.88. The smallest absolute Gasteiger partial charge is 0.343 e. The summed E-state index contributed by atoms with van der Waals surface area (Å²) < 4.78 is 10.7. The Balaban J connectivity index is 1.75. The number of methoxy groups -OCH3 is 1. The Morgan fingerprint density at radius 1 is 0.833 bits per heavy atom. The molecule has 0 aliphatic heterocycles. The Kier molecular flexibility index (Phi) is 6.21. The van der Waals surface area contributed by atoms with Crippen molar-refractivity contribution in [1.29, 1.82) is 0 Å². The molecule has 0 saturated carbocycles. The molecule has 0 unspecified atom stereocenters. The summed E-state index contributed by atoms with van der Waals surface area (Å²) in [6.45, 7) is 6.33. The van der Waals surface area contributed by atoms with Gasteiger partial charge in [0.1, 0.15) is 11.5 Å². The van der Waals surface area contributed by atoms with Crippen molar-refractivity contribution < 1.29 is 19.1 Å². The number of amides is 1. The van der Waals surface area contributed by atoms with Gasteiger partial charge in [-0.05, 0) is 59.5 Å². The van der Waals surface area contributed by atoms with E-state index in [-0.39, 0.29) is 22.6 Å². The zero-order valence-corrected chi connectivity index (χ0v) is 17.6. The molecule has 1 amide bonds. The second-order valence-electron chi connectivity index (χ2n) is 7.90. The van der Waals surface area contributed by atoms with E-state index in [1.54, 1.807) is 67.8 Å². The lowest BCUT2D eigenvalue weighted by Crippen LogP contribution is -2.16. The number of para-hydroxylation sites is 1. The number of nitrogens with one attached hydrogen (secondary N) is 1. The monoisotopic (exact) mass is 403 g/mol. The molecule has 5 heteroatoms. The minimum atomic E-state index is -0.514. The molecule has 30 heavy (non-hydrogen) atoms. The van der Waals surface area contributed by atoms with Gasteiger partial charge in [0.15, 0.2) is 0 Å². The largest absolute Gasteiger partial charge is 0.497 e. The minimum absolute atomic E-state index is 0.00538. The number of anilines is 1. The third kappa shape index (κ3) is 5.06. The maximum absolute atomic E-state index is 12.7. The highest BCUT2D eigenvalue weighted by Gasteiger charge is 2.18. The second-order valence-corrected chi connectivity index (χ2v) is 7.90. The standard InChI is InChI=1S/C25H25NO4/c1-25(2,3)18-11-9-17(10-12-18)24(28)30-22-8-6-5-7-21(22)23(27)26-19-13-15-20(29-4)16-14-19/h5-16H,1-4H3,(H,26,27). The lowest BCUT2D eigenvalue weighted by Gasteiger charge is -2.19. The van der Waals surface area contributed by atoms with Crippen LogP contribution in [-0.4, -0.2) is 19.0 Å². The molecule has 0 bridgehead atoms. The van der Waals surface area contributed by atoms with Crippen LogP contribution in [0.4, 0.5) is 5.69 Å². The molecular formula is C25H25NO4. The van der Waals surface area contributed by atoms with Gasteiger partial charge >= 0.3 is 5.97 Å². The molecule has 3 aromatic carbocycles. The lowest BCUT2D eigenvalue weighted by atomic mass is 9.87. The van der Waals surface area contributed by atoms with Gasteiger partial charge in [0, 0.05) is 5.69 Å². The SMILES string of the molecule is COc1ccc(NC(=O)c2ccccc2OC(=O)c2ccc(C(C)(C)C)cc2)cc1. The molecule has 3 aromatic rings. The first-order chi connectivity index (χ1) is 14.3. The van der Waals surface area contributed by atoms with Crippen LogP contribution in [0.1, 0.15) is 47.1 Å². The number of benzene rings is 3. The van der Waals surface area contributed by atoms with Crippen molar-refractivity contribution in [1.82, 2.24) is 0 Å². The van der Waals surface area contributed by atoms with E-state index >= 15 is 0 Å². The van der Waals surface area contributed by atoms with Crippen LogP contribution in [0.15, 0.2) is 72.8 Å². The summed E-state index contributed by atoms with van der Waals surface area (Å²) >= 11 is 0. The highest BCUT2D eigenvalue weighted by atomic mass is 16.5. The van der Waals surface area contributed by atoms with E-state index in [2.05, 4.69) is 26.1 Å². The molecule has 5 nitrogen and oxygen atoms in total. The molecule has 0 aliphatic rings. The summed E-state index contributed by atoms with van der Waals surface area (Å²) in [6.07, 6.45) is 0. The first kappa shape index (κ1) is 21.1. The normalized spacial score (nSPS) is 10.9. The number of carbonyl (C=O) groups excluding carboxylic acids is 2. The molecule has 0 fully saturated rings. The van der Waals surface area contributed by atoms with Crippen LogP contribution < -0.4 is 14.8 Å². The first-order valence-corrected chi connectivity index (χ1v) is 9.65. The molecule has 0 radical (unpaired) electrons. The van der Waals surface area contributed by atoms with Gasteiger partial charge in [-0.3, -0.25) is 4.79 Å². The Hall–Kier alpha value is -3.60. The zero-order valence-electron chi connectivity index (χ0n) is 17.6. The molecular weight excluding hydrogens is 378 g/mol. The number of carbonyl (C=O) groups is 2. The Bertz CT molecular complexity index is 1030. The van der Waals surface area contributed by atoms with E-state index in [4.69, 9.17) is 9.47 Å². The maximum Gasteiger partial charge on any atom is 0.343 e. The van der Waals surface area contributed by atoms with E-state index in [0.29, 0.717) is 17.0 Å². The van der Waals surface area contributed by atoms with Gasteiger partial charge in [-0.2, -0.15) is 0 Å². The summed E-state index contributed by atoms with van der Waals surface area (Å²) in [6, 6.07) is 20.9. The predicted octanol–water partition coefficient (Wildman–Crippen LogP) is 5.46. The van der Waals surface area contributed by atoms with E-state index < -0.39 is 5.97 Å². The predicted molar refractivity (Wildman–Crippen MR) is 117 cm³/mol. The Labute approximate surface area is 176 Å². The lowest BCUT2D eigenvalue weighted by molar-refractivity contribution is 0.0733. The Morgan fingerprint density at radius 2 is 1.47 bits per heavy atom. The molecule has 0 atom stereocenters. The molecule has 0 aromatic heterocycles. The van der Waals surface area contributed by atoms with Gasteiger partial charge in [-0.1, -0.05) is 45.0 Å². The van der Waals surface area contributed by atoms with Crippen molar-refractivity contribution in [2.24, 2.45) is 0 Å². The molecule has 154 valence electrons. The molecule has 0 spiro atoms. The molecule has 0 heterocycles. The van der Waals surface area contributed by atoms with E-state index in [9.17, 15) is 9.59 Å². The van der Waals surface area contributed by atoms with E-state index in [1.165, 1.54) is 0 Å². The Morgan fingerprint density at radius 3 is 2.07 bits per heavy atom. The first-order valence-electron chi connectivity index (χ1n) is 9.65. The maximum atomic E-state index is 12.7. The molecule has 0 saturated heterocycles. The van der Waals surface area contributed by atoms with Crippen LogP contribution in [0.25, 0.3) is 0 Å². The van der Waals surface area contributed by atoms with Crippen molar-refractivity contribution in [3.63, 3.8) is 0 Å². The van der Waals surface area contributed by atoms with Gasteiger partial charge in [-0.15, -0.1) is 0 Å². The van der Waals surface area contributed by atoms with Gasteiger partial charge in [-0.25, -0.2) is 4.79 Å². The van der Waals surface area contributed by atoms with Crippen molar-refractivity contribution in [3.05, 3.63) is 89.5 Å². The highest BCUT2D eigenvalue weighted by molar-refractivity contribution is 6.07. The number of rotatable bonds is 5. The van der Waals surface area contributed by atoms with Crippen LogP contribution in [0.3, 0.4) is 0 Å². The van der Waals surface area contributed by atoms with Gasteiger partial charge in [0.2, 0.25) is 0 Å². The summed E-state index contributed by atoms with van der Waals surface area (Å²) in [4.78, 5) is 25.3. The quantitative estimate of drug-likeness (QED) is 0.454. The van der Waals surface area contributed by atoms with E-state index in [1.807, 2.05) is 12.1 Å². The zero-order chi connectivity index (χ0) is 21.7. The van der Waals surface area contributed by atoms with Crippen LogP contribution in [0, 0.1) is 0 Å².